The van der Waals surface area contributed by atoms with Gasteiger partial charge in [-0.05, 0) is 39.7 Å². The molecule has 1 atom stereocenters. The van der Waals surface area contributed by atoms with Gasteiger partial charge in [0.1, 0.15) is 39.0 Å². The first-order valence-corrected chi connectivity index (χ1v) is 9.30. The fourth-order valence-corrected chi connectivity index (χ4v) is 3.13. The standard InChI is InChI=1S/C17H17F4N3O2S/c1-16(2,3)27(25)24-11-5-4-6-12-14(11)23-15(26-12)9-7-13(17(19,20)21)22-8-10(9)18/h7-8H,4-6H2,1-3H3. The molecule has 0 bridgehead atoms. The molecule has 0 saturated carbocycles. The summed E-state index contributed by atoms with van der Waals surface area (Å²) in [7, 11) is 0. The van der Waals surface area contributed by atoms with E-state index >= 15 is 0 Å². The number of pyridine rings is 1. The molecule has 1 aliphatic carbocycles. The van der Waals surface area contributed by atoms with E-state index in [1.54, 1.807) is 20.8 Å². The highest BCUT2D eigenvalue weighted by atomic mass is 32.2. The number of aromatic nitrogens is 2. The first-order chi connectivity index (χ1) is 12.5. The molecular formula is C17H17F4N3O2S. The van der Waals surface area contributed by atoms with Crippen molar-refractivity contribution in [1.82, 2.24) is 9.97 Å². The second-order valence-electron chi connectivity index (χ2n) is 7.09. The summed E-state index contributed by atoms with van der Waals surface area (Å²) in [6.45, 7) is 5.32. The maximum absolute atomic E-state index is 14.1. The molecule has 0 radical (unpaired) electrons. The molecule has 0 saturated heterocycles. The van der Waals surface area contributed by atoms with Crippen molar-refractivity contribution in [1.29, 1.82) is 0 Å². The third-order valence-electron chi connectivity index (χ3n) is 3.88. The van der Waals surface area contributed by atoms with E-state index in [0.717, 1.165) is 0 Å². The normalized spacial score (nSPS) is 17.9. The summed E-state index contributed by atoms with van der Waals surface area (Å²) in [5, 5.41) is 0. The predicted octanol–water partition coefficient (Wildman–Crippen LogP) is 4.48. The fourth-order valence-electron chi connectivity index (χ4n) is 2.48. The van der Waals surface area contributed by atoms with Gasteiger partial charge in [-0.2, -0.15) is 13.2 Å². The van der Waals surface area contributed by atoms with Gasteiger partial charge >= 0.3 is 6.18 Å². The molecule has 1 unspecified atom stereocenters. The van der Waals surface area contributed by atoms with Gasteiger partial charge in [-0.15, -0.1) is 0 Å². The first-order valence-electron chi connectivity index (χ1n) is 8.19. The van der Waals surface area contributed by atoms with Crippen LogP contribution >= 0.6 is 0 Å². The largest absolute Gasteiger partial charge is 0.591 e. The van der Waals surface area contributed by atoms with E-state index in [9.17, 15) is 22.1 Å². The monoisotopic (exact) mass is 403 g/mol. The van der Waals surface area contributed by atoms with Crippen LogP contribution < -0.4 is 0 Å². The van der Waals surface area contributed by atoms with Gasteiger partial charge in [-0.1, -0.05) is 4.40 Å². The summed E-state index contributed by atoms with van der Waals surface area (Å²) >= 11 is -1.52. The Hall–Kier alpha value is -1.94. The Morgan fingerprint density at radius 2 is 1.93 bits per heavy atom. The number of halogens is 4. The van der Waals surface area contributed by atoms with E-state index in [1.807, 2.05) is 0 Å². The summed E-state index contributed by atoms with van der Waals surface area (Å²) in [4.78, 5) is 7.22. The van der Waals surface area contributed by atoms with E-state index in [2.05, 4.69) is 14.4 Å². The molecule has 0 fully saturated rings. The SMILES string of the molecule is CC(C)(C)[S+]([O-])N=C1CCCc2oc(-c3cc(C(F)(F)F)ncc3F)nc21. The van der Waals surface area contributed by atoms with Crippen LogP contribution in [-0.2, 0) is 24.0 Å². The zero-order chi connectivity index (χ0) is 20.0. The molecule has 1 aliphatic rings. The Morgan fingerprint density at radius 1 is 1.22 bits per heavy atom. The van der Waals surface area contributed by atoms with E-state index in [0.29, 0.717) is 48.7 Å². The minimum absolute atomic E-state index is 0.276. The Morgan fingerprint density at radius 3 is 2.56 bits per heavy atom. The van der Waals surface area contributed by atoms with Crippen LogP contribution in [-0.4, -0.2) is 25.0 Å². The van der Waals surface area contributed by atoms with Gasteiger partial charge in [-0.3, -0.25) is 0 Å². The number of aryl methyl sites for hydroxylation is 1. The van der Waals surface area contributed by atoms with Gasteiger partial charge in [0.25, 0.3) is 0 Å². The second kappa shape index (κ2) is 6.90. The van der Waals surface area contributed by atoms with Crippen molar-refractivity contribution in [2.75, 3.05) is 0 Å². The van der Waals surface area contributed by atoms with Crippen molar-refractivity contribution < 1.29 is 26.5 Å². The zero-order valence-corrected chi connectivity index (χ0v) is 15.7. The predicted molar refractivity (Wildman–Crippen MR) is 92.1 cm³/mol. The molecule has 0 aliphatic heterocycles. The Kier molecular flexibility index (Phi) is 5.06. The number of oxazole rings is 1. The van der Waals surface area contributed by atoms with Crippen LogP contribution in [0.1, 0.15) is 50.8 Å². The lowest BCUT2D eigenvalue weighted by molar-refractivity contribution is -0.141. The van der Waals surface area contributed by atoms with Gasteiger partial charge in [-0.25, -0.2) is 14.4 Å². The summed E-state index contributed by atoms with van der Waals surface area (Å²) in [5.74, 6) is -0.856. The summed E-state index contributed by atoms with van der Waals surface area (Å²) in [5.41, 5.74) is -0.899. The first kappa shape index (κ1) is 19.8. The molecule has 0 N–H and O–H groups in total. The van der Waals surface area contributed by atoms with Crippen LogP contribution in [0.3, 0.4) is 0 Å². The molecule has 2 heterocycles. The van der Waals surface area contributed by atoms with Crippen molar-refractivity contribution in [2.45, 2.75) is 51.0 Å². The molecule has 3 rings (SSSR count). The van der Waals surface area contributed by atoms with Crippen LogP contribution in [0.5, 0.6) is 0 Å². The molecule has 0 spiro atoms. The molecule has 2 aromatic heterocycles. The van der Waals surface area contributed by atoms with Crippen LogP contribution in [0.15, 0.2) is 21.1 Å². The molecule has 27 heavy (non-hydrogen) atoms. The highest BCUT2D eigenvalue weighted by Crippen LogP contribution is 2.34. The number of nitrogens with zero attached hydrogens (tertiary/aromatic N) is 3. The van der Waals surface area contributed by atoms with Crippen LogP contribution in [0.2, 0.25) is 0 Å². The summed E-state index contributed by atoms with van der Waals surface area (Å²) < 4.78 is 74.1. The van der Waals surface area contributed by atoms with Crippen LogP contribution in [0.25, 0.3) is 11.5 Å². The summed E-state index contributed by atoms with van der Waals surface area (Å²) in [6, 6.07) is 0.566. The van der Waals surface area contributed by atoms with Gasteiger partial charge in [0.15, 0.2) is 5.82 Å². The van der Waals surface area contributed by atoms with Gasteiger partial charge in [0, 0.05) is 6.42 Å². The molecule has 5 nitrogen and oxygen atoms in total. The van der Waals surface area contributed by atoms with Crippen molar-refractivity contribution in [2.24, 2.45) is 4.40 Å². The van der Waals surface area contributed by atoms with Gasteiger partial charge < -0.3 is 8.97 Å². The smallest absolute Gasteiger partial charge is 0.433 e. The van der Waals surface area contributed by atoms with Gasteiger partial charge in [0.05, 0.1) is 11.8 Å². The minimum atomic E-state index is -4.72. The number of hydrogen-bond donors (Lipinski definition) is 0. The number of hydrogen-bond acceptors (Lipinski definition) is 5. The van der Waals surface area contributed by atoms with E-state index in [1.165, 1.54) is 0 Å². The lowest BCUT2D eigenvalue weighted by Gasteiger charge is -2.20. The van der Waals surface area contributed by atoms with Crippen LogP contribution in [0, 0.1) is 5.82 Å². The summed E-state index contributed by atoms with van der Waals surface area (Å²) in [6.07, 6.45) is -2.57. The molecule has 0 aromatic carbocycles. The molecular weight excluding hydrogens is 386 g/mol. The maximum atomic E-state index is 14.1. The van der Waals surface area contributed by atoms with E-state index < -0.39 is 39.4 Å². The molecule has 2 aromatic rings. The third kappa shape index (κ3) is 4.16. The Balaban J connectivity index is 2.04. The van der Waals surface area contributed by atoms with Crippen molar-refractivity contribution in [3.63, 3.8) is 0 Å². The molecule has 146 valence electrons. The maximum Gasteiger partial charge on any atom is 0.433 e. The highest BCUT2D eigenvalue weighted by molar-refractivity contribution is 7.91. The molecule has 0 amide bonds. The molecule has 10 heteroatoms. The van der Waals surface area contributed by atoms with E-state index in [-0.39, 0.29) is 5.89 Å². The number of fused-ring (bicyclic) bond motifs is 1. The topological polar surface area (TPSA) is 74.3 Å². The minimum Gasteiger partial charge on any atom is -0.591 e. The Labute approximate surface area is 156 Å². The fraction of sp³-hybridized carbons (Fsp3) is 0.471. The van der Waals surface area contributed by atoms with Crippen molar-refractivity contribution >= 4 is 17.1 Å². The van der Waals surface area contributed by atoms with Crippen LogP contribution in [0.4, 0.5) is 17.6 Å². The highest BCUT2D eigenvalue weighted by Gasteiger charge is 2.35. The average Bonchev–Trinajstić information content (AvgIpc) is 2.98. The van der Waals surface area contributed by atoms with Gasteiger partial charge in [0.2, 0.25) is 5.89 Å². The Bertz CT molecular complexity index is 887. The van der Waals surface area contributed by atoms with Crippen molar-refractivity contribution in [3.8, 4) is 11.5 Å². The lowest BCUT2D eigenvalue weighted by Crippen LogP contribution is -2.27. The van der Waals surface area contributed by atoms with E-state index in [4.69, 9.17) is 4.42 Å². The number of rotatable bonds is 2. The number of alkyl halides is 3. The lowest BCUT2D eigenvalue weighted by atomic mass is 10.0. The second-order valence-corrected chi connectivity index (χ2v) is 9.00. The third-order valence-corrected chi connectivity index (χ3v) is 5.32. The zero-order valence-electron chi connectivity index (χ0n) is 14.9. The average molecular weight is 403 g/mol. The quantitative estimate of drug-likeness (QED) is 0.547. The van der Waals surface area contributed by atoms with Crippen molar-refractivity contribution in [3.05, 3.63) is 35.2 Å².